The fourth-order valence-electron chi connectivity index (χ4n) is 1.59. The van der Waals surface area contributed by atoms with Gasteiger partial charge in [0, 0.05) is 16.6 Å². The third kappa shape index (κ3) is 2.67. The first-order valence-electron chi connectivity index (χ1n) is 4.93. The summed E-state index contributed by atoms with van der Waals surface area (Å²) in [6.45, 7) is 0.630. The van der Waals surface area contributed by atoms with Crippen molar-refractivity contribution in [3.05, 3.63) is 6.20 Å². The Balaban J connectivity index is 2.12. The monoisotopic (exact) mass is 295 g/mol. The molecule has 18 heavy (non-hydrogen) atoms. The van der Waals surface area contributed by atoms with Crippen molar-refractivity contribution in [3.8, 4) is 5.88 Å². The zero-order chi connectivity index (χ0) is 13.3. The highest BCUT2D eigenvalue weighted by molar-refractivity contribution is 8.13. The second-order valence-electron chi connectivity index (χ2n) is 3.74. The van der Waals surface area contributed by atoms with Crippen LogP contribution in [-0.2, 0) is 20.3 Å². The Kier molecular flexibility index (Phi) is 3.35. The summed E-state index contributed by atoms with van der Waals surface area (Å²) in [4.78, 5) is 10.3. The van der Waals surface area contributed by atoms with Crippen LogP contribution in [0.3, 0.4) is 0 Å². The average Bonchev–Trinajstić information content (AvgIpc) is 2.68. The minimum Gasteiger partial charge on any atom is -0.476 e. The van der Waals surface area contributed by atoms with Gasteiger partial charge in [0.1, 0.15) is 6.61 Å². The smallest absolute Gasteiger partial charge is 0.404 e. The summed E-state index contributed by atoms with van der Waals surface area (Å²) >= 11 is 0. The van der Waals surface area contributed by atoms with Crippen LogP contribution in [0.1, 0.15) is 0 Å². The number of nitrogens with zero attached hydrogens (tertiary/aromatic N) is 2. The predicted molar refractivity (Wildman–Crippen MR) is 59.8 cm³/mol. The maximum atomic E-state index is 11.2. The van der Waals surface area contributed by atoms with E-state index >= 15 is 0 Å². The quantitative estimate of drug-likeness (QED) is 0.780. The van der Waals surface area contributed by atoms with Gasteiger partial charge in [-0.1, -0.05) is 0 Å². The van der Waals surface area contributed by atoms with Gasteiger partial charge in [0.15, 0.2) is 4.90 Å². The molecule has 0 unspecified atom stereocenters. The van der Waals surface area contributed by atoms with Crippen molar-refractivity contribution in [2.24, 2.45) is 11.7 Å². The molecule has 1 atom stereocenters. The normalized spacial score (nSPS) is 18.8. The molecule has 0 aliphatic carbocycles. The van der Waals surface area contributed by atoms with Gasteiger partial charge in [0.05, 0.1) is 19.3 Å². The van der Waals surface area contributed by atoms with Crippen molar-refractivity contribution in [1.82, 2.24) is 9.78 Å². The number of carbonyl (C=O) groups excluding carboxylic acids is 1. The summed E-state index contributed by atoms with van der Waals surface area (Å²) in [7, 11) is 1.34. The number of nitrogens with two attached hydrogens (primary N) is 1. The number of carbonyl (C=O) groups is 1. The van der Waals surface area contributed by atoms with Gasteiger partial charge in [-0.25, -0.2) is 17.9 Å². The lowest BCUT2D eigenvalue weighted by atomic mass is 10.1. The fourth-order valence-corrected chi connectivity index (χ4v) is 2.46. The Hall–Kier alpha value is -1.48. The maximum absolute atomic E-state index is 11.2. The van der Waals surface area contributed by atoms with Crippen molar-refractivity contribution < 1.29 is 22.7 Å². The molecule has 0 saturated carbocycles. The number of aromatic nitrogens is 2. The summed E-state index contributed by atoms with van der Waals surface area (Å²) < 4.78 is 33.7. The van der Waals surface area contributed by atoms with E-state index in [0.29, 0.717) is 6.54 Å². The summed E-state index contributed by atoms with van der Waals surface area (Å²) in [5, 5.41) is 3.86. The number of halogens is 1. The zero-order valence-corrected chi connectivity index (χ0v) is 10.6. The van der Waals surface area contributed by atoms with Crippen LogP contribution in [0.15, 0.2) is 11.1 Å². The standard InChI is InChI=1S/C8H10ClN3O5S/c9-18(14,15)6-1-11-12-2-5(3-16-7(6)12)4-17-8(10)13/h1,5H,2-4H2,(H2,10,13)/t5-/m1/s1. The molecule has 1 aliphatic heterocycles. The van der Waals surface area contributed by atoms with Gasteiger partial charge in [-0.05, 0) is 0 Å². The van der Waals surface area contributed by atoms with E-state index in [1.165, 1.54) is 4.68 Å². The van der Waals surface area contributed by atoms with Crippen molar-refractivity contribution in [2.45, 2.75) is 11.4 Å². The van der Waals surface area contributed by atoms with Crippen molar-refractivity contribution >= 4 is 25.8 Å². The van der Waals surface area contributed by atoms with Crippen LogP contribution in [-0.4, -0.2) is 37.5 Å². The highest BCUT2D eigenvalue weighted by Crippen LogP contribution is 2.30. The molecule has 8 nitrogen and oxygen atoms in total. The number of primary amides is 1. The van der Waals surface area contributed by atoms with Gasteiger partial charge in [0.2, 0.25) is 5.88 Å². The van der Waals surface area contributed by atoms with Crippen LogP contribution in [0, 0.1) is 5.92 Å². The molecule has 1 amide bonds. The second-order valence-corrected chi connectivity index (χ2v) is 6.28. The molecule has 0 aromatic carbocycles. The van der Waals surface area contributed by atoms with E-state index in [1.807, 2.05) is 0 Å². The molecule has 0 spiro atoms. The number of rotatable bonds is 3. The van der Waals surface area contributed by atoms with Crippen LogP contribution >= 0.6 is 10.7 Å². The highest BCUT2D eigenvalue weighted by atomic mass is 35.7. The molecule has 2 N–H and O–H groups in total. The van der Waals surface area contributed by atoms with E-state index in [0.717, 1.165) is 6.20 Å². The minimum atomic E-state index is -3.89. The van der Waals surface area contributed by atoms with E-state index in [-0.39, 0.29) is 29.9 Å². The molecular formula is C8H10ClN3O5S. The molecule has 2 rings (SSSR count). The van der Waals surface area contributed by atoms with E-state index in [2.05, 4.69) is 9.84 Å². The molecule has 10 heteroatoms. The van der Waals surface area contributed by atoms with Crippen molar-refractivity contribution in [1.29, 1.82) is 0 Å². The third-order valence-corrected chi connectivity index (χ3v) is 3.67. The van der Waals surface area contributed by atoms with Gasteiger partial charge in [-0.3, -0.25) is 0 Å². The van der Waals surface area contributed by atoms with Crippen LogP contribution in [0.2, 0.25) is 0 Å². The summed E-state index contributed by atoms with van der Waals surface area (Å²) in [5.41, 5.74) is 4.84. The first kappa shape index (κ1) is 13.0. The van der Waals surface area contributed by atoms with Crippen LogP contribution in [0.25, 0.3) is 0 Å². The van der Waals surface area contributed by atoms with Gasteiger partial charge < -0.3 is 15.2 Å². The average molecular weight is 296 g/mol. The van der Waals surface area contributed by atoms with E-state index in [9.17, 15) is 13.2 Å². The Bertz CT molecular complexity index is 569. The Morgan fingerprint density at radius 1 is 1.72 bits per heavy atom. The SMILES string of the molecule is NC(=O)OC[C@H]1COc2c(S(=O)(=O)Cl)cnn2C1. The lowest BCUT2D eigenvalue weighted by molar-refractivity contribution is 0.0842. The molecule has 1 aromatic rings. The molecule has 0 fully saturated rings. The molecule has 0 bridgehead atoms. The molecule has 100 valence electrons. The topological polar surface area (TPSA) is 114 Å². The minimum absolute atomic E-state index is 0.0809. The molecule has 1 aromatic heterocycles. The van der Waals surface area contributed by atoms with Gasteiger partial charge in [-0.2, -0.15) is 5.10 Å². The highest BCUT2D eigenvalue weighted by Gasteiger charge is 2.29. The largest absolute Gasteiger partial charge is 0.476 e. The van der Waals surface area contributed by atoms with E-state index < -0.39 is 15.1 Å². The van der Waals surface area contributed by atoms with Gasteiger partial charge in [-0.15, -0.1) is 0 Å². The number of hydrogen-bond acceptors (Lipinski definition) is 6. The lowest BCUT2D eigenvalue weighted by Crippen LogP contribution is -2.31. The van der Waals surface area contributed by atoms with Crippen molar-refractivity contribution in [2.75, 3.05) is 13.2 Å². The predicted octanol–water partition coefficient (Wildman–Crippen LogP) is -0.0855. The molecule has 0 saturated heterocycles. The third-order valence-electron chi connectivity index (χ3n) is 2.37. The summed E-state index contributed by atoms with van der Waals surface area (Å²) in [6.07, 6.45) is 0.250. The second kappa shape index (κ2) is 4.65. The van der Waals surface area contributed by atoms with Gasteiger partial charge in [0.25, 0.3) is 9.05 Å². The molecule has 1 aliphatic rings. The molecule has 2 heterocycles. The number of hydrogen-bond donors (Lipinski definition) is 1. The van der Waals surface area contributed by atoms with Crippen LogP contribution in [0.5, 0.6) is 5.88 Å². The van der Waals surface area contributed by atoms with Gasteiger partial charge >= 0.3 is 6.09 Å². The van der Waals surface area contributed by atoms with E-state index in [4.69, 9.17) is 21.2 Å². The Labute approximate surface area is 107 Å². The number of ether oxygens (including phenoxy) is 2. The zero-order valence-electron chi connectivity index (χ0n) is 9.08. The van der Waals surface area contributed by atoms with Crippen LogP contribution in [0.4, 0.5) is 4.79 Å². The first-order chi connectivity index (χ1) is 8.38. The number of amides is 1. The van der Waals surface area contributed by atoms with Crippen molar-refractivity contribution in [3.63, 3.8) is 0 Å². The molecular weight excluding hydrogens is 286 g/mol. The summed E-state index contributed by atoms with van der Waals surface area (Å²) in [5.74, 6) is -0.0453. The number of fused-ring (bicyclic) bond motifs is 1. The fraction of sp³-hybridized carbons (Fsp3) is 0.500. The Morgan fingerprint density at radius 2 is 2.44 bits per heavy atom. The maximum Gasteiger partial charge on any atom is 0.404 e. The van der Waals surface area contributed by atoms with E-state index in [1.54, 1.807) is 0 Å². The Morgan fingerprint density at radius 3 is 3.06 bits per heavy atom. The lowest BCUT2D eigenvalue weighted by Gasteiger charge is -2.23. The first-order valence-corrected chi connectivity index (χ1v) is 7.24. The summed E-state index contributed by atoms with van der Waals surface area (Å²) in [6, 6.07) is 0. The van der Waals surface area contributed by atoms with Crippen LogP contribution < -0.4 is 10.5 Å². The molecule has 0 radical (unpaired) electrons.